The largest absolute Gasteiger partial charge is 0.465 e. The lowest BCUT2D eigenvalue weighted by Crippen LogP contribution is -2.11. The molecule has 0 unspecified atom stereocenters. The van der Waals surface area contributed by atoms with Crippen molar-refractivity contribution in [3.8, 4) is 11.4 Å². The van der Waals surface area contributed by atoms with E-state index in [4.69, 9.17) is 5.11 Å². The number of rotatable bonds is 4. The van der Waals surface area contributed by atoms with Crippen molar-refractivity contribution in [2.75, 3.05) is 5.32 Å². The zero-order chi connectivity index (χ0) is 20.8. The number of halogens is 1. The highest BCUT2D eigenvalue weighted by atomic mass is 127. The molecule has 4 rings (SSSR count). The number of carbonyl (C=O) groups is 1. The van der Waals surface area contributed by atoms with Crippen LogP contribution in [0.5, 0.6) is 0 Å². The molecule has 8 nitrogen and oxygen atoms in total. The van der Waals surface area contributed by atoms with Crippen molar-refractivity contribution in [2.24, 2.45) is 0 Å². The maximum Gasteiger partial charge on any atom is 0.411 e. The molecule has 2 heterocycles. The molecule has 0 aliphatic rings. The average Bonchev–Trinajstić information content (AvgIpc) is 3.26. The lowest BCUT2D eigenvalue weighted by molar-refractivity contribution is 0.209. The molecule has 2 aromatic carbocycles. The van der Waals surface area contributed by atoms with Gasteiger partial charge in [-0.2, -0.15) is 9.36 Å². The fraction of sp³-hybridized carbons (Fsp3) is 0.0556. The standard InChI is InChI=1S/C18H13IN4O4S2/c1-10-2-5-12(6-3-10)29(26,27)23-9-14(19)13-8-11(4-7-15(13)23)16-20-17(28-22-16)21-18(24)25/h2-9H,1H3,(H,24,25)(H,20,21,22). The lowest BCUT2D eigenvalue weighted by atomic mass is 10.1. The van der Waals surface area contributed by atoms with Gasteiger partial charge in [-0.05, 0) is 59.8 Å². The summed E-state index contributed by atoms with van der Waals surface area (Å²) >= 11 is 3.02. The monoisotopic (exact) mass is 540 g/mol. The van der Waals surface area contributed by atoms with Crippen LogP contribution in [0, 0.1) is 10.5 Å². The second-order valence-electron chi connectivity index (χ2n) is 6.18. The van der Waals surface area contributed by atoms with Crippen molar-refractivity contribution >= 4 is 66.3 Å². The van der Waals surface area contributed by atoms with Crippen LogP contribution >= 0.6 is 34.1 Å². The molecule has 148 valence electrons. The Morgan fingerprint density at radius 3 is 2.62 bits per heavy atom. The summed E-state index contributed by atoms with van der Waals surface area (Å²) in [5.41, 5.74) is 2.18. The summed E-state index contributed by atoms with van der Waals surface area (Å²) in [5.74, 6) is 0.366. The summed E-state index contributed by atoms with van der Waals surface area (Å²) in [5, 5.41) is 11.9. The van der Waals surface area contributed by atoms with Crippen LogP contribution in [0.2, 0.25) is 0 Å². The van der Waals surface area contributed by atoms with Crippen molar-refractivity contribution < 1.29 is 18.3 Å². The minimum absolute atomic E-state index is 0.168. The first-order valence-electron chi connectivity index (χ1n) is 8.22. The van der Waals surface area contributed by atoms with Crippen LogP contribution in [0.4, 0.5) is 9.93 Å². The molecule has 2 aromatic heterocycles. The van der Waals surface area contributed by atoms with Gasteiger partial charge in [0.05, 0.1) is 10.4 Å². The van der Waals surface area contributed by atoms with Crippen molar-refractivity contribution in [1.82, 2.24) is 13.3 Å². The molecule has 0 spiro atoms. The third kappa shape index (κ3) is 3.72. The molecule has 4 aromatic rings. The van der Waals surface area contributed by atoms with Crippen LogP contribution < -0.4 is 5.32 Å². The number of aromatic nitrogens is 3. The highest BCUT2D eigenvalue weighted by Crippen LogP contribution is 2.31. The summed E-state index contributed by atoms with van der Waals surface area (Å²) in [7, 11) is -3.74. The van der Waals surface area contributed by atoms with E-state index in [1.165, 1.54) is 3.97 Å². The Kier molecular flexibility index (Phi) is 5.04. The number of aryl methyl sites for hydroxylation is 1. The average molecular weight is 540 g/mol. The van der Waals surface area contributed by atoms with Crippen LogP contribution in [0.1, 0.15) is 5.56 Å². The summed E-state index contributed by atoms with van der Waals surface area (Å²) < 4.78 is 32.4. The van der Waals surface area contributed by atoms with Crippen LogP contribution in [-0.2, 0) is 10.0 Å². The van der Waals surface area contributed by atoms with E-state index in [0.29, 0.717) is 16.9 Å². The first-order valence-corrected chi connectivity index (χ1v) is 11.5. The van der Waals surface area contributed by atoms with Gasteiger partial charge in [0, 0.05) is 32.2 Å². The number of carboxylic acid groups (broad SMARTS) is 1. The predicted molar refractivity (Wildman–Crippen MR) is 119 cm³/mol. The zero-order valence-electron chi connectivity index (χ0n) is 14.8. The Labute approximate surface area is 183 Å². The van der Waals surface area contributed by atoms with Crippen molar-refractivity contribution in [3.05, 3.63) is 57.8 Å². The topological polar surface area (TPSA) is 114 Å². The van der Waals surface area contributed by atoms with Crippen LogP contribution in [-0.4, -0.2) is 32.9 Å². The Balaban J connectivity index is 1.78. The molecule has 0 radical (unpaired) electrons. The predicted octanol–water partition coefficient (Wildman–Crippen LogP) is 4.40. The Bertz CT molecular complexity index is 1340. The third-order valence-corrected chi connectivity index (χ3v) is 7.38. The summed E-state index contributed by atoms with van der Waals surface area (Å²) in [6.45, 7) is 1.90. The molecule has 0 aliphatic carbocycles. The van der Waals surface area contributed by atoms with E-state index < -0.39 is 16.1 Å². The Morgan fingerprint density at radius 2 is 1.93 bits per heavy atom. The molecular weight excluding hydrogens is 527 g/mol. The molecule has 0 saturated heterocycles. The normalized spacial score (nSPS) is 11.7. The van der Waals surface area contributed by atoms with Gasteiger partial charge >= 0.3 is 6.09 Å². The van der Waals surface area contributed by atoms with Crippen LogP contribution in [0.15, 0.2) is 53.6 Å². The van der Waals surface area contributed by atoms with Crippen molar-refractivity contribution in [2.45, 2.75) is 11.8 Å². The van der Waals surface area contributed by atoms with Gasteiger partial charge in [0.2, 0.25) is 5.13 Å². The summed E-state index contributed by atoms with van der Waals surface area (Å²) in [6, 6.07) is 11.9. The molecule has 29 heavy (non-hydrogen) atoms. The Morgan fingerprint density at radius 1 is 1.21 bits per heavy atom. The fourth-order valence-corrected chi connectivity index (χ4v) is 5.65. The van der Waals surface area contributed by atoms with Gasteiger partial charge in [-0.3, -0.25) is 5.32 Å². The number of nitrogens with zero attached hydrogens (tertiary/aromatic N) is 3. The maximum absolute atomic E-state index is 13.1. The minimum atomic E-state index is -3.74. The summed E-state index contributed by atoms with van der Waals surface area (Å²) in [6.07, 6.45) is 0.367. The number of benzene rings is 2. The maximum atomic E-state index is 13.1. The number of anilines is 1. The molecule has 11 heteroatoms. The first-order chi connectivity index (χ1) is 13.8. The number of hydrogen-bond acceptors (Lipinski definition) is 6. The van der Waals surface area contributed by atoms with E-state index in [1.807, 2.05) is 6.92 Å². The van der Waals surface area contributed by atoms with Gasteiger partial charge in [0.15, 0.2) is 5.82 Å². The molecule has 2 N–H and O–H groups in total. The highest BCUT2D eigenvalue weighted by molar-refractivity contribution is 14.1. The number of nitrogens with one attached hydrogen (secondary N) is 1. The van der Waals surface area contributed by atoms with Gasteiger partial charge in [0.1, 0.15) is 0 Å². The number of fused-ring (bicyclic) bond motifs is 1. The van der Waals surface area contributed by atoms with Gasteiger partial charge in [0.25, 0.3) is 10.0 Å². The minimum Gasteiger partial charge on any atom is -0.465 e. The zero-order valence-corrected chi connectivity index (χ0v) is 18.6. The van der Waals surface area contributed by atoms with E-state index >= 15 is 0 Å². The van der Waals surface area contributed by atoms with E-state index in [0.717, 1.165) is 26.1 Å². The second-order valence-corrected chi connectivity index (χ2v) is 9.91. The SMILES string of the molecule is Cc1ccc(S(=O)(=O)n2cc(I)c3cc(-c4nsc(NC(=O)O)n4)ccc32)cc1. The quantitative estimate of drug-likeness (QED) is 0.371. The van der Waals surface area contributed by atoms with Gasteiger partial charge < -0.3 is 5.11 Å². The molecule has 0 fully saturated rings. The smallest absolute Gasteiger partial charge is 0.411 e. The fourth-order valence-electron chi connectivity index (χ4n) is 2.81. The van der Waals surface area contributed by atoms with Gasteiger partial charge in [-0.15, -0.1) is 0 Å². The molecule has 0 bridgehead atoms. The van der Waals surface area contributed by atoms with E-state index in [9.17, 15) is 13.2 Å². The van der Waals surface area contributed by atoms with Crippen LogP contribution in [0.25, 0.3) is 22.3 Å². The van der Waals surface area contributed by atoms with E-state index in [-0.39, 0.29) is 10.0 Å². The summed E-state index contributed by atoms with van der Waals surface area (Å²) in [4.78, 5) is 15.1. The molecule has 0 saturated carbocycles. The number of hydrogen-bond donors (Lipinski definition) is 2. The van der Waals surface area contributed by atoms with Crippen molar-refractivity contribution in [1.29, 1.82) is 0 Å². The van der Waals surface area contributed by atoms with Gasteiger partial charge in [-0.25, -0.2) is 17.2 Å². The van der Waals surface area contributed by atoms with E-state index in [1.54, 1.807) is 48.7 Å². The second kappa shape index (κ2) is 7.39. The third-order valence-electron chi connectivity index (χ3n) is 4.20. The molecule has 0 aliphatic heterocycles. The number of amides is 1. The lowest BCUT2D eigenvalue weighted by Gasteiger charge is -2.08. The molecule has 0 atom stereocenters. The van der Waals surface area contributed by atoms with E-state index in [2.05, 4.69) is 37.3 Å². The van der Waals surface area contributed by atoms with Crippen molar-refractivity contribution in [3.63, 3.8) is 0 Å². The highest BCUT2D eigenvalue weighted by Gasteiger charge is 2.21. The molecule has 1 amide bonds. The Hall–Kier alpha value is -2.51. The van der Waals surface area contributed by atoms with Crippen LogP contribution in [0.3, 0.4) is 0 Å². The van der Waals surface area contributed by atoms with Gasteiger partial charge in [-0.1, -0.05) is 17.7 Å². The first kappa shape index (κ1) is 19.8. The molecular formula is C18H13IN4O4S2.